The van der Waals surface area contributed by atoms with Crippen molar-refractivity contribution in [1.29, 1.82) is 0 Å². The van der Waals surface area contributed by atoms with Gasteiger partial charge in [-0.05, 0) is 23.6 Å². The Hall–Kier alpha value is -1.86. The largest absolute Gasteiger partial charge is 0.504 e. The van der Waals surface area contributed by atoms with Gasteiger partial charge in [0.15, 0.2) is 11.5 Å². The van der Waals surface area contributed by atoms with Crippen LogP contribution in [0.25, 0.3) is 5.57 Å². The third-order valence-electron chi connectivity index (χ3n) is 4.64. The minimum absolute atomic E-state index is 0.0235. The maximum atomic E-state index is 12.6. The molecule has 1 aromatic rings. The molecule has 4 unspecified atom stereocenters. The van der Waals surface area contributed by atoms with E-state index in [1.807, 2.05) is 6.08 Å². The standard InChI is InChI=1S/C15H14NO7P/c1-19-24-22-8-3-2-6-7-4-9-14(21-5-20-9)12(17)10(7)15(18)16-11(6)13(8)23-24/h2,4,8,11,13,17H,3,5H2,1H3,(H,16,18). The van der Waals surface area contributed by atoms with Crippen LogP contribution in [-0.2, 0) is 13.6 Å². The van der Waals surface area contributed by atoms with Crippen LogP contribution in [0.4, 0.5) is 0 Å². The van der Waals surface area contributed by atoms with Crippen LogP contribution < -0.4 is 14.8 Å². The molecule has 3 aliphatic heterocycles. The molecule has 0 bridgehead atoms. The molecule has 1 amide bonds. The number of rotatable bonds is 1. The molecule has 0 radical (unpaired) electrons. The first kappa shape index (κ1) is 14.5. The lowest BCUT2D eigenvalue weighted by Crippen LogP contribution is -2.52. The van der Waals surface area contributed by atoms with Gasteiger partial charge in [0, 0.05) is 7.11 Å². The Morgan fingerprint density at radius 1 is 1.38 bits per heavy atom. The van der Waals surface area contributed by atoms with E-state index in [4.69, 9.17) is 23.0 Å². The van der Waals surface area contributed by atoms with E-state index in [9.17, 15) is 9.90 Å². The Kier molecular flexibility index (Phi) is 3.06. The predicted molar refractivity (Wildman–Crippen MR) is 81.8 cm³/mol. The average Bonchev–Trinajstić information content (AvgIpc) is 3.20. The van der Waals surface area contributed by atoms with Crippen molar-refractivity contribution in [2.75, 3.05) is 13.9 Å². The lowest BCUT2D eigenvalue weighted by molar-refractivity contribution is 0.0850. The fraction of sp³-hybridized carbons (Fsp3) is 0.400. The van der Waals surface area contributed by atoms with Crippen LogP contribution >= 0.6 is 8.60 Å². The lowest BCUT2D eigenvalue weighted by Gasteiger charge is -2.36. The number of carbonyl (C=O) groups is 1. The second-order valence-corrected chi connectivity index (χ2v) is 7.08. The molecular formula is C15H14NO7P. The molecular weight excluding hydrogens is 337 g/mol. The molecule has 4 atom stereocenters. The van der Waals surface area contributed by atoms with E-state index < -0.39 is 8.60 Å². The van der Waals surface area contributed by atoms with Gasteiger partial charge < -0.3 is 33.5 Å². The molecule has 0 saturated carbocycles. The van der Waals surface area contributed by atoms with Gasteiger partial charge in [-0.1, -0.05) is 6.08 Å². The van der Waals surface area contributed by atoms with Gasteiger partial charge in [-0.2, -0.15) is 0 Å². The van der Waals surface area contributed by atoms with Crippen LogP contribution in [0.1, 0.15) is 22.3 Å². The number of hydrogen-bond donors (Lipinski definition) is 2. The molecule has 1 aromatic carbocycles. The monoisotopic (exact) mass is 351 g/mol. The fourth-order valence-electron chi connectivity index (χ4n) is 3.58. The van der Waals surface area contributed by atoms with E-state index in [0.717, 1.165) is 5.57 Å². The van der Waals surface area contributed by atoms with Crippen LogP contribution in [-0.4, -0.2) is 43.2 Å². The Labute approximate surface area is 138 Å². The van der Waals surface area contributed by atoms with E-state index in [0.29, 0.717) is 17.7 Å². The summed E-state index contributed by atoms with van der Waals surface area (Å²) in [7, 11) is 0.136. The number of nitrogens with one attached hydrogen (secondary N) is 1. The summed E-state index contributed by atoms with van der Waals surface area (Å²) in [6.45, 7) is 0.0235. The maximum absolute atomic E-state index is 12.6. The van der Waals surface area contributed by atoms with Crippen LogP contribution in [0.5, 0.6) is 17.2 Å². The summed E-state index contributed by atoms with van der Waals surface area (Å²) >= 11 is 0. The molecule has 1 aliphatic carbocycles. The minimum Gasteiger partial charge on any atom is -0.504 e. The summed E-state index contributed by atoms with van der Waals surface area (Å²) < 4.78 is 27.3. The van der Waals surface area contributed by atoms with E-state index >= 15 is 0 Å². The number of carbonyl (C=O) groups excluding carboxylic acids is 1. The van der Waals surface area contributed by atoms with Gasteiger partial charge in [0.05, 0.1) is 17.7 Å². The van der Waals surface area contributed by atoms with Gasteiger partial charge >= 0.3 is 8.60 Å². The molecule has 3 heterocycles. The smallest absolute Gasteiger partial charge is 0.333 e. The van der Waals surface area contributed by atoms with E-state index in [-0.39, 0.29) is 48.0 Å². The zero-order valence-corrected chi connectivity index (χ0v) is 13.5. The Morgan fingerprint density at radius 3 is 3.08 bits per heavy atom. The third kappa shape index (κ3) is 1.85. The van der Waals surface area contributed by atoms with Crippen molar-refractivity contribution in [1.82, 2.24) is 5.32 Å². The highest BCUT2D eigenvalue weighted by Crippen LogP contribution is 2.55. The van der Waals surface area contributed by atoms with Crippen molar-refractivity contribution in [2.24, 2.45) is 0 Å². The number of ether oxygens (including phenoxy) is 2. The molecule has 1 fully saturated rings. The molecule has 126 valence electrons. The van der Waals surface area contributed by atoms with Crippen molar-refractivity contribution in [3.63, 3.8) is 0 Å². The third-order valence-corrected chi connectivity index (χ3v) is 5.80. The van der Waals surface area contributed by atoms with Crippen molar-refractivity contribution in [3.8, 4) is 17.2 Å². The molecule has 24 heavy (non-hydrogen) atoms. The number of fused-ring (bicyclic) bond motifs is 6. The summed E-state index contributed by atoms with van der Waals surface area (Å²) in [5.41, 5.74) is 1.73. The van der Waals surface area contributed by atoms with Gasteiger partial charge in [0.25, 0.3) is 5.91 Å². The van der Waals surface area contributed by atoms with Crippen molar-refractivity contribution < 1.29 is 32.9 Å². The summed E-state index contributed by atoms with van der Waals surface area (Å²) in [6, 6.07) is 1.38. The Balaban J connectivity index is 1.62. The minimum atomic E-state index is -1.40. The highest BCUT2D eigenvalue weighted by molar-refractivity contribution is 7.42. The van der Waals surface area contributed by atoms with E-state index in [1.165, 1.54) is 7.11 Å². The van der Waals surface area contributed by atoms with Gasteiger partial charge in [-0.25, -0.2) is 0 Å². The number of hydrogen-bond acceptors (Lipinski definition) is 7. The summed E-state index contributed by atoms with van der Waals surface area (Å²) in [5, 5.41) is 13.3. The zero-order chi connectivity index (χ0) is 16.4. The Bertz CT molecular complexity index is 780. The first-order chi connectivity index (χ1) is 11.7. The van der Waals surface area contributed by atoms with Gasteiger partial charge in [0.2, 0.25) is 12.5 Å². The molecule has 8 nitrogen and oxygen atoms in total. The number of benzene rings is 1. The van der Waals surface area contributed by atoms with Crippen LogP contribution in [0.3, 0.4) is 0 Å². The number of phenolic OH excluding ortho intramolecular Hbond substituents is 1. The first-order valence-corrected chi connectivity index (χ1v) is 8.61. The van der Waals surface area contributed by atoms with Gasteiger partial charge in [-0.3, -0.25) is 4.79 Å². The first-order valence-electron chi connectivity index (χ1n) is 7.52. The number of aromatic hydroxyl groups is 1. The molecule has 0 aromatic heterocycles. The molecule has 0 spiro atoms. The molecule has 2 N–H and O–H groups in total. The second kappa shape index (κ2) is 5.07. The number of phenols is 1. The molecule has 5 rings (SSSR count). The SMILES string of the molecule is COP1OC2CC=C3c4cc5c(c(O)c4C(=O)NC3C2O1)OCO5. The quantitative estimate of drug-likeness (QED) is 0.743. The highest BCUT2D eigenvalue weighted by atomic mass is 31.2. The average molecular weight is 351 g/mol. The van der Waals surface area contributed by atoms with Crippen molar-refractivity contribution in [2.45, 2.75) is 24.7 Å². The van der Waals surface area contributed by atoms with Crippen molar-refractivity contribution >= 4 is 20.1 Å². The summed E-state index contributed by atoms with van der Waals surface area (Å²) in [6.07, 6.45) is 2.17. The molecule has 9 heteroatoms. The topological polar surface area (TPSA) is 95.5 Å². The van der Waals surface area contributed by atoms with Gasteiger partial charge in [0.1, 0.15) is 6.10 Å². The molecule has 4 aliphatic rings. The van der Waals surface area contributed by atoms with E-state index in [2.05, 4.69) is 5.32 Å². The van der Waals surface area contributed by atoms with Crippen LogP contribution in [0.2, 0.25) is 0 Å². The van der Waals surface area contributed by atoms with Crippen LogP contribution in [0, 0.1) is 0 Å². The normalized spacial score (nSPS) is 32.5. The number of amides is 1. The highest BCUT2D eigenvalue weighted by Gasteiger charge is 2.49. The lowest BCUT2D eigenvalue weighted by atomic mass is 9.80. The van der Waals surface area contributed by atoms with Crippen molar-refractivity contribution in [3.05, 3.63) is 23.3 Å². The summed E-state index contributed by atoms with van der Waals surface area (Å²) in [5.74, 6) is 0.0768. The predicted octanol–water partition coefficient (Wildman–Crippen LogP) is 1.68. The second-order valence-electron chi connectivity index (χ2n) is 5.85. The molecule has 1 saturated heterocycles. The van der Waals surface area contributed by atoms with E-state index in [1.54, 1.807) is 6.07 Å². The fourth-order valence-corrected chi connectivity index (χ4v) is 4.69. The van der Waals surface area contributed by atoms with Crippen LogP contribution in [0.15, 0.2) is 12.1 Å². The Morgan fingerprint density at radius 2 is 2.25 bits per heavy atom. The summed E-state index contributed by atoms with van der Waals surface area (Å²) in [4.78, 5) is 12.6. The maximum Gasteiger partial charge on any atom is 0.333 e. The zero-order valence-electron chi connectivity index (χ0n) is 12.6. The van der Waals surface area contributed by atoms with Gasteiger partial charge in [-0.15, -0.1) is 0 Å².